The molecule has 1 amide bonds. The molecule has 128 valence electrons. The van der Waals surface area contributed by atoms with Crippen LogP contribution >= 0.6 is 0 Å². The second-order valence-electron chi connectivity index (χ2n) is 5.18. The molecule has 0 aliphatic carbocycles. The molecule has 1 N–H and O–H groups in total. The highest BCUT2D eigenvalue weighted by molar-refractivity contribution is 7.92. The second-order valence-corrected chi connectivity index (χ2v) is 7.04. The number of benzene rings is 2. The first-order valence-electron chi connectivity index (χ1n) is 7.00. The van der Waals surface area contributed by atoms with E-state index in [0.29, 0.717) is 11.8 Å². The van der Waals surface area contributed by atoms with Crippen molar-refractivity contribution in [1.29, 1.82) is 0 Å². The Kier molecular flexibility index (Phi) is 5.18. The van der Waals surface area contributed by atoms with Gasteiger partial charge in [-0.1, -0.05) is 18.2 Å². The quantitative estimate of drug-likeness (QED) is 0.898. The zero-order chi connectivity index (χ0) is 17.9. The van der Waals surface area contributed by atoms with Crippen LogP contribution in [-0.2, 0) is 14.8 Å². The molecular weight excluding hydrogens is 338 g/mol. The average Bonchev–Trinajstić information content (AvgIpc) is 2.49. The fraction of sp³-hybridized carbons (Fsp3) is 0.188. The van der Waals surface area contributed by atoms with E-state index in [1.807, 2.05) is 0 Å². The van der Waals surface area contributed by atoms with Gasteiger partial charge < -0.3 is 5.32 Å². The van der Waals surface area contributed by atoms with Gasteiger partial charge in [0.15, 0.2) is 0 Å². The molecule has 2 aromatic carbocycles. The first-order chi connectivity index (χ1) is 11.2. The smallest absolute Gasteiger partial charge is 0.248 e. The summed E-state index contributed by atoms with van der Waals surface area (Å²) in [5.74, 6) is -2.46. The number of para-hydroxylation sites is 1. The van der Waals surface area contributed by atoms with E-state index in [-0.39, 0.29) is 5.69 Å². The normalized spacial score (nSPS) is 12.5. The molecule has 0 saturated carbocycles. The highest BCUT2D eigenvalue weighted by Gasteiger charge is 2.29. The van der Waals surface area contributed by atoms with Gasteiger partial charge in [-0.2, -0.15) is 0 Å². The van der Waals surface area contributed by atoms with Crippen LogP contribution in [0.3, 0.4) is 0 Å². The third kappa shape index (κ3) is 4.08. The lowest BCUT2D eigenvalue weighted by Crippen LogP contribution is -2.45. The van der Waals surface area contributed by atoms with E-state index in [1.165, 1.54) is 6.92 Å². The van der Waals surface area contributed by atoms with E-state index >= 15 is 0 Å². The lowest BCUT2D eigenvalue weighted by Gasteiger charge is -2.28. The highest BCUT2D eigenvalue weighted by atomic mass is 32.2. The van der Waals surface area contributed by atoms with Crippen molar-refractivity contribution in [3.8, 4) is 0 Å². The molecule has 0 saturated heterocycles. The number of hydrogen-bond acceptors (Lipinski definition) is 3. The molecule has 0 bridgehead atoms. The Morgan fingerprint density at radius 2 is 1.75 bits per heavy atom. The van der Waals surface area contributed by atoms with E-state index in [0.717, 1.165) is 22.7 Å². The van der Waals surface area contributed by atoms with Gasteiger partial charge in [-0.05, 0) is 31.2 Å². The third-order valence-electron chi connectivity index (χ3n) is 3.29. The summed E-state index contributed by atoms with van der Waals surface area (Å²) < 4.78 is 51.6. The third-order valence-corrected chi connectivity index (χ3v) is 4.53. The van der Waals surface area contributed by atoms with Crippen molar-refractivity contribution in [2.24, 2.45) is 0 Å². The Morgan fingerprint density at radius 3 is 2.29 bits per heavy atom. The van der Waals surface area contributed by atoms with Gasteiger partial charge >= 0.3 is 0 Å². The van der Waals surface area contributed by atoms with Crippen LogP contribution in [0.2, 0.25) is 0 Å². The molecule has 0 aliphatic heterocycles. The van der Waals surface area contributed by atoms with Crippen LogP contribution in [0, 0.1) is 11.6 Å². The summed E-state index contributed by atoms with van der Waals surface area (Å²) in [5, 5.41) is 2.27. The molecule has 0 radical (unpaired) electrons. The number of anilines is 2. The van der Waals surface area contributed by atoms with Crippen molar-refractivity contribution in [1.82, 2.24) is 0 Å². The molecule has 0 aliphatic rings. The highest BCUT2D eigenvalue weighted by Crippen LogP contribution is 2.22. The number of carbonyl (C=O) groups is 1. The number of rotatable bonds is 5. The molecule has 24 heavy (non-hydrogen) atoms. The number of hydrogen-bond donors (Lipinski definition) is 1. The van der Waals surface area contributed by atoms with Gasteiger partial charge in [0.05, 0.1) is 17.6 Å². The number of halogens is 2. The fourth-order valence-corrected chi connectivity index (χ4v) is 3.39. The predicted molar refractivity (Wildman–Crippen MR) is 88.2 cm³/mol. The molecule has 1 atom stereocenters. The minimum absolute atomic E-state index is 0.227. The summed E-state index contributed by atoms with van der Waals surface area (Å²) in [5.41, 5.74) is 0.0805. The van der Waals surface area contributed by atoms with Crippen molar-refractivity contribution in [2.75, 3.05) is 15.9 Å². The maximum Gasteiger partial charge on any atom is 0.248 e. The molecule has 0 aromatic heterocycles. The van der Waals surface area contributed by atoms with E-state index in [1.54, 1.807) is 30.3 Å². The lowest BCUT2D eigenvalue weighted by atomic mass is 10.2. The largest absolute Gasteiger partial charge is 0.322 e. The molecule has 0 heterocycles. The maximum absolute atomic E-state index is 13.6. The minimum atomic E-state index is -3.75. The van der Waals surface area contributed by atoms with Gasteiger partial charge in [-0.25, -0.2) is 17.2 Å². The van der Waals surface area contributed by atoms with Crippen LogP contribution in [0.4, 0.5) is 20.2 Å². The first-order valence-corrected chi connectivity index (χ1v) is 8.85. The van der Waals surface area contributed by atoms with Crippen LogP contribution in [0.15, 0.2) is 48.5 Å². The SMILES string of the molecule is CC(C(=O)Nc1ccc(F)cc1F)N(c1ccccc1)S(C)(=O)=O. The van der Waals surface area contributed by atoms with Gasteiger partial charge in [0.1, 0.15) is 17.7 Å². The summed E-state index contributed by atoms with van der Waals surface area (Å²) in [7, 11) is -3.75. The zero-order valence-corrected chi connectivity index (χ0v) is 13.8. The van der Waals surface area contributed by atoms with Crippen LogP contribution in [0.5, 0.6) is 0 Å². The van der Waals surface area contributed by atoms with E-state index in [9.17, 15) is 22.0 Å². The number of sulfonamides is 1. The molecule has 1 unspecified atom stereocenters. The molecule has 0 fully saturated rings. The van der Waals surface area contributed by atoms with Gasteiger partial charge in [0.25, 0.3) is 0 Å². The van der Waals surface area contributed by atoms with Gasteiger partial charge in [-0.3, -0.25) is 9.10 Å². The Bertz CT molecular complexity index is 842. The monoisotopic (exact) mass is 354 g/mol. The number of nitrogens with zero attached hydrogens (tertiary/aromatic N) is 1. The predicted octanol–water partition coefficient (Wildman–Crippen LogP) is 2.76. The van der Waals surface area contributed by atoms with Crippen molar-refractivity contribution >= 4 is 27.3 Å². The van der Waals surface area contributed by atoms with E-state index in [4.69, 9.17) is 0 Å². The Balaban J connectivity index is 2.29. The molecular formula is C16H16F2N2O3S. The molecule has 0 spiro atoms. The van der Waals surface area contributed by atoms with Crippen LogP contribution < -0.4 is 9.62 Å². The summed E-state index contributed by atoms with van der Waals surface area (Å²) >= 11 is 0. The summed E-state index contributed by atoms with van der Waals surface area (Å²) in [6, 6.07) is 9.64. The van der Waals surface area contributed by atoms with Crippen LogP contribution in [-0.4, -0.2) is 26.6 Å². The van der Waals surface area contributed by atoms with Crippen molar-refractivity contribution in [2.45, 2.75) is 13.0 Å². The lowest BCUT2D eigenvalue weighted by molar-refractivity contribution is -0.116. The Morgan fingerprint density at radius 1 is 1.12 bits per heavy atom. The topological polar surface area (TPSA) is 66.5 Å². The molecule has 2 rings (SSSR count). The van der Waals surface area contributed by atoms with Crippen molar-refractivity contribution < 1.29 is 22.0 Å². The minimum Gasteiger partial charge on any atom is -0.322 e. The zero-order valence-electron chi connectivity index (χ0n) is 13.0. The maximum atomic E-state index is 13.6. The summed E-state index contributed by atoms with van der Waals surface area (Å²) in [6.07, 6.45) is 0.974. The first kappa shape index (κ1) is 17.9. The van der Waals surface area contributed by atoms with Crippen molar-refractivity contribution in [3.05, 3.63) is 60.2 Å². The summed E-state index contributed by atoms with van der Waals surface area (Å²) in [4.78, 5) is 12.3. The summed E-state index contributed by atoms with van der Waals surface area (Å²) in [6.45, 7) is 1.38. The van der Waals surface area contributed by atoms with Crippen molar-refractivity contribution in [3.63, 3.8) is 0 Å². The van der Waals surface area contributed by atoms with Gasteiger partial charge in [-0.15, -0.1) is 0 Å². The second kappa shape index (κ2) is 6.96. The van der Waals surface area contributed by atoms with Crippen LogP contribution in [0.1, 0.15) is 6.92 Å². The number of nitrogens with one attached hydrogen (secondary N) is 1. The van der Waals surface area contributed by atoms with E-state index in [2.05, 4.69) is 5.32 Å². The Labute approximate surface area is 139 Å². The van der Waals surface area contributed by atoms with Gasteiger partial charge in [0, 0.05) is 6.07 Å². The molecule has 8 heteroatoms. The number of amides is 1. The number of carbonyl (C=O) groups excluding carboxylic acids is 1. The fourth-order valence-electron chi connectivity index (χ4n) is 2.21. The van der Waals surface area contributed by atoms with E-state index < -0.39 is 33.6 Å². The molecule has 2 aromatic rings. The van der Waals surface area contributed by atoms with Crippen LogP contribution in [0.25, 0.3) is 0 Å². The standard InChI is InChI=1S/C16H16F2N2O3S/c1-11(16(21)19-15-9-8-12(17)10-14(15)18)20(24(2,22)23)13-6-4-3-5-7-13/h3-11H,1-2H3,(H,19,21). The average molecular weight is 354 g/mol. The Hall–Kier alpha value is -2.48. The molecule has 5 nitrogen and oxygen atoms in total. The van der Waals surface area contributed by atoms with Gasteiger partial charge in [0.2, 0.25) is 15.9 Å².